The van der Waals surface area contributed by atoms with E-state index in [4.69, 9.17) is 0 Å². The Bertz CT molecular complexity index is 1110. The van der Waals surface area contributed by atoms with E-state index < -0.39 is 0 Å². The van der Waals surface area contributed by atoms with E-state index in [0.717, 1.165) is 12.8 Å². The summed E-state index contributed by atoms with van der Waals surface area (Å²) in [5, 5.41) is 2.53. The van der Waals surface area contributed by atoms with Crippen molar-refractivity contribution in [2.75, 3.05) is 0 Å². The minimum absolute atomic E-state index is 0.114. The fraction of sp³-hybridized carbons (Fsp3) is 0.269. The average molecular weight is 350 g/mol. The summed E-state index contributed by atoms with van der Waals surface area (Å²) in [4.78, 5) is 13.1. The Hall–Kier alpha value is -2.67. The van der Waals surface area contributed by atoms with Gasteiger partial charge in [-0.15, -0.1) is 0 Å². The van der Waals surface area contributed by atoms with Crippen LogP contribution in [0.25, 0.3) is 21.9 Å². The molecule has 1 heteroatoms. The Morgan fingerprint density at radius 3 is 2.44 bits per heavy atom. The maximum absolute atomic E-state index is 13.1. The van der Waals surface area contributed by atoms with Crippen LogP contribution in [0.2, 0.25) is 0 Å². The van der Waals surface area contributed by atoms with Crippen LogP contribution in [-0.2, 0) is 17.6 Å². The normalized spacial score (nSPS) is 28.2. The van der Waals surface area contributed by atoms with Gasteiger partial charge in [-0.25, -0.2) is 0 Å². The lowest BCUT2D eigenvalue weighted by Gasteiger charge is -2.38. The van der Waals surface area contributed by atoms with Crippen LogP contribution >= 0.6 is 0 Å². The molecular formula is C26H22O. The number of fused-ring (bicyclic) bond motifs is 5. The molecule has 27 heavy (non-hydrogen) atoms. The van der Waals surface area contributed by atoms with Gasteiger partial charge in [-0.05, 0) is 70.2 Å². The van der Waals surface area contributed by atoms with Crippen molar-refractivity contribution in [2.24, 2.45) is 17.3 Å². The SMILES string of the molecule is O=C1Cc2cc3ccc(-c4ccccc4)cc3cc2CC12CC1C=CC2C1. The second-order valence-corrected chi connectivity index (χ2v) is 8.67. The highest BCUT2D eigenvalue weighted by Gasteiger charge is 2.54. The van der Waals surface area contributed by atoms with Crippen LogP contribution in [0.1, 0.15) is 24.0 Å². The topological polar surface area (TPSA) is 17.1 Å². The number of carbonyl (C=O) groups is 1. The molecule has 0 amide bonds. The van der Waals surface area contributed by atoms with Crippen LogP contribution in [0.5, 0.6) is 0 Å². The van der Waals surface area contributed by atoms with E-state index in [1.165, 1.54) is 39.4 Å². The number of Topliss-reactive ketones (excluding diaryl/α,β-unsaturated/α-hetero) is 1. The second kappa shape index (κ2) is 5.42. The van der Waals surface area contributed by atoms with Crippen molar-refractivity contribution in [1.82, 2.24) is 0 Å². The average Bonchev–Trinajstić information content (AvgIpc) is 3.30. The van der Waals surface area contributed by atoms with E-state index in [1.54, 1.807) is 0 Å². The predicted octanol–water partition coefficient (Wildman–Crippen LogP) is 5.76. The summed E-state index contributed by atoms with van der Waals surface area (Å²) in [5.41, 5.74) is 5.04. The highest BCUT2D eigenvalue weighted by molar-refractivity contribution is 5.94. The molecule has 3 atom stereocenters. The maximum atomic E-state index is 13.1. The lowest BCUT2D eigenvalue weighted by molar-refractivity contribution is -0.130. The Balaban J connectivity index is 1.45. The summed E-state index contributed by atoms with van der Waals surface area (Å²) < 4.78 is 0. The maximum Gasteiger partial charge on any atom is 0.144 e. The van der Waals surface area contributed by atoms with Gasteiger partial charge in [0.05, 0.1) is 0 Å². The van der Waals surface area contributed by atoms with Crippen molar-refractivity contribution >= 4 is 16.6 Å². The molecule has 0 aromatic heterocycles. The molecule has 3 aliphatic rings. The van der Waals surface area contributed by atoms with E-state index in [2.05, 4.69) is 72.8 Å². The number of rotatable bonds is 1. The van der Waals surface area contributed by atoms with E-state index >= 15 is 0 Å². The molecule has 2 bridgehead atoms. The molecule has 0 radical (unpaired) electrons. The molecule has 3 unspecified atom stereocenters. The first kappa shape index (κ1) is 15.4. The summed E-state index contributed by atoms with van der Waals surface area (Å²) in [5.74, 6) is 1.58. The largest absolute Gasteiger partial charge is 0.299 e. The van der Waals surface area contributed by atoms with Gasteiger partial charge in [0.2, 0.25) is 0 Å². The fourth-order valence-electron chi connectivity index (χ4n) is 5.80. The van der Waals surface area contributed by atoms with Crippen molar-refractivity contribution in [2.45, 2.75) is 25.7 Å². The summed E-state index contributed by atoms with van der Waals surface area (Å²) in [6, 6.07) is 21.9. The third kappa shape index (κ3) is 2.21. The molecule has 6 rings (SSSR count). The number of carbonyl (C=O) groups excluding carboxylic acids is 1. The van der Waals surface area contributed by atoms with Gasteiger partial charge in [-0.2, -0.15) is 0 Å². The third-order valence-corrected chi connectivity index (χ3v) is 7.19. The zero-order valence-electron chi connectivity index (χ0n) is 15.3. The van der Waals surface area contributed by atoms with Gasteiger partial charge in [0, 0.05) is 11.8 Å². The molecule has 132 valence electrons. The first-order valence-electron chi connectivity index (χ1n) is 10.0. The monoisotopic (exact) mass is 350 g/mol. The molecular weight excluding hydrogens is 328 g/mol. The molecule has 1 nitrogen and oxygen atoms in total. The highest BCUT2D eigenvalue weighted by atomic mass is 16.1. The zero-order valence-corrected chi connectivity index (χ0v) is 15.3. The van der Waals surface area contributed by atoms with E-state index in [1.807, 2.05) is 0 Å². The van der Waals surface area contributed by atoms with Crippen LogP contribution < -0.4 is 0 Å². The first-order chi connectivity index (χ1) is 13.2. The molecule has 3 aromatic rings. The summed E-state index contributed by atoms with van der Waals surface area (Å²) in [7, 11) is 0. The van der Waals surface area contributed by atoms with Gasteiger partial charge in [-0.3, -0.25) is 4.79 Å². The van der Waals surface area contributed by atoms with Crippen LogP contribution in [0.4, 0.5) is 0 Å². The number of hydrogen-bond acceptors (Lipinski definition) is 1. The minimum atomic E-state index is -0.114. The number of ketones is 1. The Labute approximate surface area is 159 Å². The molecule has 1 saturated carbocycles. The van der Waals surface area contributed by atoms with Gasteiger partial charge in [0.25, 0.3) is 0 Å². The van der Waals surface area contributed by atoms with Gasteiger partial charge in [0.1, 0.15) is 5.78 Å². The van der Waals surface area contributed by atoms with Crippen molar-refractivity contribution < 1.29 is 4.79 Å². The van der Waals surface area contributed by atoms with Crippen LogP contribution in [-0.4, -0.2) is 5.78 Å². The quantitative estimate of drug-likeness (QED) is 0.510. The fourth-order valence-corrected chi connectivity index (χ4v) is 5.80. The van der Waals surface area contributed by atoms with Gasteiger partial charge in [0.15, 0.2) is 0 Å². The number of hydrogen-bond donors (Lipinski definition) is 0. The Morgan fingerprint density at radius 1 is 0.815 bits per heavy atom. The van der Waals surface area contributed by atoms with E-state index in [9.17, 15) is 4.79 Å². The molecule has 0 heterocycles. The number of allylic oxidation sites excluding steroid dienone is 2. The minimum Gasteiger partial charge on any atom is -0.299 e. The Kier molecular flexibility index (Phi) is 3.09. The molecule has 0 aliphatic heterocycles. The van der Waals surface area contributed by atoms with Crippen molar-refractivity contribution in [3.63, 3.8) is 0 Å². The highest BCUT2D eigenvalue weighted by Crippen LogP contribution is 2.56. The van der Waals surface area contributed by atoms with Crippen LogP contribution in [0.3, 0.4) is 0 Å². The van der Waals surface area contributed by atoms with Crippen LogP contribution in [0.15, 0.2) is 72.8 Å². The van der Waals surface area contributed by atoms with Crippen molar-refractivity contribution in [3.05, 3.63) is 83.9 Å². The van der Waals surface area contributed by atoms with Crippen molar-refractivity contribution in [1.29, 1.82) is 0 Å². The van der Waals surface area contributed by atoms with E-state index in [0.29, 0.717) is 24.0 Å². The lowest BCUT2D eigenvalue weighted by atomic mass is 9.63. The predicted molar refractivity (Wildman–Crippen MR) is 110 cm³/mol. The molecule has 1 fully saturated rings. The molecule has 3 aliphatic carbocycles. The smallest absolute Gasteiger partial charge is 0.144 e. The molecule has 3 aromatic carbocycles. The molecule has 0 saturated heterocycles. The third-order valence-electron chi connectivity index (χ3n) is 7.19. The zero-order chi connectivity index (χ0) is 18.0. The number of benzene rings is 3. The van der Waals surface area contributed by atoms with Crippen molar-refractivity contribution in [3.8, 4) is 11.1 Å². The summed E-state index contributed by atoms with van der Waals surface area (Å²) in [6.07, 6.45) is 8.46. The second-order valence-electron chi connectivity index (χ2n) is 8.67. The molecule has 0 N–H and O–H groups in total. The van der Waals surface area contributed by atoms with Gasteiger partial charge >= 0.3 is 0 Å². The van der Waals surface area contributed by atoms with E-state index in [-0.39, 0.29) is 5.41 Å². The standard InChI is InChI=1S/C26H22O/c27-25-14-22-12-20-8-7-19(18-4-2-1-3-5-18)11-21(20)13-23(22)16-26(25)15-17-6-9-24(26)10-17/h1-9,11-13,17,24H,10,14-16H2. The van der Waals surface area contributed by atoms with Crippen LogP contribution in [0, 0.1) is 17.3 Å². The Morgan fingerprint density at radius 2 is 1.67 bits per heavy atom. The summed E-state index contributed by atoms with van der Waals surface area (Å²) >= 11 is 0. The lowest BCUT2D eigenvalue weighted by Crippen LogP contribution is -2.41. The van der Waals surface area contributed by atoms with Gasteiger partial charge < -0.3 is 0 Å². The first-order valence-corrected chi connectivity index (χ1v) is 10.0. The molecule has 1 spiro atoms. The summed E-state index contributed by atoms with van der Waals surface area (Å²) in [6.45, 7) is 0. The van der Waals surface area contributed by atoms with Gasteiger partial charge in [-0.1, -0.05) is 66.7 Å².